The number of phenols is 1. The zero-order valence-corrected chi connectivity index (χ0v) is 22.4. The van der Waals surface area contributed by atoms with Crippen molar-refractivity contribution in [3.63, 3.8) is 0 Å². The van der Waals surface area contributed by atoms with Crippen LogP contribution < -0.4 is 10.1 Å². The average Bonchev–Trinajstić information content (AvgIpc) is 2.88. The highest BCUT2D eigenvalue weighted by atomic mass is 35.5. The van der Waals surface area contributed by atoms with Crippen LogP contribution >= 0.6 is 23.2 Å². The summed E-state index contributed by atoms with van der Waals surface area (Å²) in [5.41, 5.74) is 0.304. The lowest BCUT2D eigenvalue weighted by Crippen LogP contribution is -2.12. The van der Waals surface area contributed by atoms with Crippen molar-refractivity contribution in [1.29, 1.82) is 0 Å². The van der Waals surface area contributed by atoms with Gasteiger partial charge in [-0.25, -0.2) is 0 Å². The van der Waals surface area contributed by atoms with Crippen LogP contribution in [0, 0.1) is 0 Å². The van der Waals surface area contributed by atoms with Gasteiger partial charge >= 0.3 is 0 Å². The molecule has 0 unspecified atom stereocenters. The number of azo groups is 1. The number of nitrogens with zero attached hydrogens (tertiary/aromatic N) is 2. The van der Waals surface area contributed by atoms with Gasteiger partial charge in [0.15, 0.2) is 5.75 Å². The highest BCUT2D eigenvalue weighted by Gasteiger charge is 2.24. The maximum atomic E-state index is 13.2. The highest BCUT2D eigenvalue weighted by Crippen LogP contribution is 2.42. The Bertz CT molecular complexity index is 1710. The molecule has 0 radical (unpaired) electrons. The van der Waals surface area contributed by atoms with Crippen molar-refractivity contribution < 1.29 is 27.6 Å². The van der Waals surface area contributed by atoms with Crippen LogP contribution in [0.15, 0.2) is 75.8 Å². The summed E-state index contributed by atoms with van der Waals surface area (Å²) in [5.74, 6) is -0.836. The summed E-state index contributed by atoms with van der Waals surface area (Å²) in [6.45, 7) is 1.76. The zero-order valence-electron chi connectivity index (χ0n) is 20.1. The Morgan fingerprint density at radius 2 is 1.74 bits per heavy atom. The van der Waals surface area contributed by atoms with E-state index in [0.29, 0.717) is 28.5 Å². The Labute approximate surface area is 228 Å². The molecule has 9 nitrogen and oxygen atoms in total. The summed E-state index contributed by atoms with van der Waals surface area (Å²) >= 11 is 12.4. The van der Waals surface area contributed by atoms with E-state index >= 15 is 0 Å². The number of ether oxygens (including phenoxy) is 1. The summed E-state index contributed by atoms with van der Waals surface area (Å²) < 4.78 is 39.1. The monoisotopic (exact) mass is 573 g/mol. The highest BCUT2D eigenvalue weighted by molar-refractivity contribution is 7.86. The number of fused-ring (bicyclic) bond motifs is 1. The van der Waals surface area contributed by atoms with E-state index in [1.165, 1.54) is 19.2 Å². The molecule has 0 bridgehead atoms. The number of phenolic OH excluding ortho intramolecular Hbond substituents is 1. The molecule has 0 aliphatic rings. The number of anilines is 1. The summed E-state index contributed by atoms with van der Waals surface area (Å²) in [6.07, 6.45) is 0.352. The second-order valence-corrected chi connectivity index (χ2v) is 10.2. The minimum atomic E-state index is -4.75. The van der Waals surface area contributed by atoms with Crippen molar-refractivity contribution in [1.82, 2.24) is 0 Å². The van der Waals surface area contributed by atoms with Crippen LogP contribution in [0.25, 0.3) is 10.8 Å². The number of halogens is 2. The van der Waals surface area contributed by atoms with Gasteiger partial charge in [-0.3, -0.25) is 9.35 Å². The number of nitrogens with one attached hydrogen (secondary N) is 1. The molecular weight excluding hydrogens is 553 g/mol. The Morgan fingerprint density at radius 1 is 1.03 bits per heavy atom. The summed E-state index contributed by atoms with van der Waals surface area (Å²) in [5, 5.41) is 22.9. The number of amides is 1. The van der Waals surface area contributed by atoms with Gasteiger partial charge in [-0.1, -0.05) is 66.5 Å². The minimum absolute atomic E-state index is 0.0895. The molecule has 4 aromatic carbocycles. The van der Waals surface area contributed by atoms with Crippen molar-refractivity contribution in [3.8, 4) is 11.5 Å². The molecule has 38 heavy (non-hydrogen) atoms. The van der Waals surface area contributed by atoms with E-state index in [1.807, 2.05) is 0 Å². The summed E-state index contributed by atoms with van der Waals surface area (Å²) in [4.78, 5) is 12.6. The van der Waals surface area contributed by atoms with E-state index < -0.39 is 26.7 Å². The van der Waals surface area contributed by atoms with E-state index in [1.54, 1.807) is 55.5 Å². The van der Waals surface area contributed by atoms with Crippen LogP contribution in [0.5, 0.6) is 11.5 Å². The van der Waals surface area contributed by atoms with Crippen LogP contribution in [0.2, 0.25) is 10.0 Å². The van der Waals surface area contributed by atoms with Gasteiger partial charge in [-0.2, -0.15) is 8.42 Å². The lowest BCUT2D eigenvalue weighted by Gasteiger charge is -2.13. The first-order valence-corrected chi connectivity index (χ1v) is 13.4. The van der Waals surface area contributed by atoms with Crippen molar-refractivity contribution in [2.75, 3.05) is 12.4 Å². The number of carbonyl (C=O) groups is 1. The third-order valence-electron chi connectivity index (χ3n) is 5.73. The third kappa shape index (κ3) is 5.30. The molecule has 0 saturated heterocycles. The predicted octanol–water partition coefficient (Wildman–Crippen LogP) is 7.34. The van der Waals surface area contributed by atoms with Crippen LogP contribution in [0.4, 0.5) is 17.1 Å². The number of benzene rings is 4. The van der Waals surface area contributed by atoms with Gasteiger partial charge in [-0.15, -0.1) is 10.2 Å². The molecule has 0 fully saturated rings. The van der Waals surface area contributed by atoms with Crippen molar-refractivity contribution in [2.45, 2.75) is 18.2 Å². The van der Waals surface area contributed by atoms with Crippen molar-refractivity contribution in [3.05, 3.63) is 81.8 Å². The standard InChI is InChI=1S/C26H21Cl2N3O6S/c1-3-14-11-12-18(27)25(38(34,35)36)22(14)30-31-23-16-8-5-4-7-15(16)13-17(24(23)32)26(33)29-19-9-6-10-20(37-2)21(19)28/h4-13,32H,3H2,1-2H3,(H,29,33)(H,34,35,36). The number of aromatic hydroxyl groups is 1. The van der Waals surface area contributed by atoms with Gasteiger partial charge in [-0.05, 0) is 41.6 Å². The molecule has 3 N–H and O–H groups in total. The van der Waals surface area contributed by atoms with E-state index in [2.05, 4.69) is 15.5 Å². The first kappa shape index (κ1) is 27.3. The number of aryl methyl sites for hydroxylation is 1. The van der Waals surface area contributed by atoms with E-state index in [0.717, 1.165) is 0 Å². The molecule has 0 heterocycles. The minimum Gasteiger partial charge on any atom is -0.505 e. The normalized spacial score (nSPS) is 11.7. The van der Waals surface area contributed by atoms with Gasteiger partial charge in [0.25, 0.3) is 16.0 Å². The van der Waals surface area contributed by atoms with Crippen LogP contribution in [0.3, 0.4) is 0 Å². The molecule has 0 spiro atoms. The van der Waals surface area contributed by atoms with Crippen LogP contribution in [-0.2, 0) is 16.5 Å². The first-order valence-electron chi connectivity index (χ1n) is 11.2. The molecule has 0 atom stereocenters. The summed E-state index contributed by atoms with van der Waals surface area (Å²) in [6, 6.07) is 16.0. The quantitative estimate of drug-likeness (QED) is 0.156. The van der Waals surface area contributed by atoms with Crippen molar-refractivity contribution in [2.24, 2.45) is 10.2 Å². The Kier molecular flexibility index (Phi) is 7.89. The Balaban J connectivity index is 1.87. The summed E-state index contributed by atoms with van der Waals surface area (Å²) in [7, 11) is -3.31. The molecule has 4 aromatic rings. The van der Waals surface area contributed by atoms with Gasteiger partial charge in [0.1, 0.15) is 27.0 Å². The number of carbonyl (C=O) groups excluding carboxylic acids is 1. The largest absolute Gasteiger partial charge is 0.505 e. The molecule has 0 aromatic heterocycles. The topological polar surface area (TPSA) is 138 Å². The molecule has 196 valence electrons. The van der Waals surface area contributed by atoms with Gasteiger partial charge in [0.2, 0.25) is 0 Å². The predicted molar refractivity (Wildman–Crippen MR) is 146 cm³/mol. The molecule has 0 saturated carbocycles. The fraction of sp³-hybridized carbons (Fsp3) is 0.115. The smallest absolute Gasteiger partial charge is 0.298 e. The number of methoxy groups -OCH3 is 1. The number of hydrogen-bond acceptors (Lipinski definition) is 7. The Hall–Kier alpha value is -3.70. The maximum absolute atomic E-state index is 13.2. The fourth-order valence-electron chi connectivity index (χ4n) is 3.87. The lowest BCUT2D eigenvalue weighted by molar-refractivity contribution is 0.102. The SMILES string of the molecule is CCc1ccc(Cl)c(S(=O)(=O)O)c1N=Nc1c(O)c(C(=O)Nc2cccc(OC)c2Cl)cc2ccccc12. The second-order valence-electron chi connectivity index (χ2n) is 8.03. The number of rotatable bonds is 7. The third-order valence-corrected chi connectivity index (χ3v) is 7.47. The van der Waals surface area contributed by atoms with E-state index in [4.69, 9.17) is 27.9 Å². The maximum Gasteiger partial charge on any atom is 0.298 e. The molecule has 0 aliphatic heterocycles. The van der Waals surface area contributed by atoms with Crippen LogP contribution in [0.1, 0.15) is 22.8 Å². The van der Waals surface area contributed by atoms with Gasteiger partial charge in [0.05, 0.1) is 23.4 Å². The molecular formula is C26H21Cl2N3O6S. The second kappa shape index (κ2) is 11.0. The first-order chi connectivity index (χ1) is 18.1. The molecule has 12 heteroatoms. The van der Waals surface area contributed by atoms with Gasteiger partial charge in [0, 0.05) is 5.39 Å². The molecule has 0 aliphatic carbocycles. The van der Waals surface area contributed by atoms with Gasteiger partial charge < -0.3 is 15.2 Å². The van der Waals surface area contributed by atoms with Crippen molar-refractivity contribution >= 4 is 67.1 Å². The van der Waals surface area contributed by atoms with E-state index in [9.17, 15) is 22.9 Å². The zero-order chi connectivity index (χ0) is 27.6. The lowest BCUT2D eigenvalue weighted by atomic mass is 10.0. The fourth-order valence-corrected chi connectivity index (χ4v) is 5.30. The van der Waals surface area contributed by atoms with Crippen LogP contribution in [-0.4, -0.2) is 31.1 Å². The van der Waals surface area contributed by atoms with E-state index in [-0.39, 0.29) is 32.7 Å². The number of hydrogen-bond donors (Lipinski definition) is 3. The molecule has 4 rings (SSSR count). The molecule has 1 amide bonds. The Morgan fingerprint density at radius 3 is 2.42 bits per heavy atom. The average molecular weight is 574 g/mol.